The van der Waals surface area contributed by atoms with Crippen LogP contribution < -0.4 is 0 Å². The third-order valence-corrected chi connectivity index (χ3v) is 3.99. The predicted molar refractivity (Wildman–Crippen MR) is 69.7 cm³/mol. The lowest BCUT2D eigenvalue weighted by Crippen LogP contribution is -2.25. The van der Waals surface area contributed by atoms with Crippen LogP contribution in [0.25, 0.3) is 11.5 Å². The third kappa shape index (κ3) is 2.47. The Balaban J connectivity index is 2.02. The van der Waals surface area contributed by atoms with E-state index < -0.39 is 17.3 Å². The molecule has 3 rings (SSSR count). The van der Waals surface area contributed by atoms with Gasteiger partial charge in [-0.2, -0.15) is 18.2 Å². The van der Waals surface area contributed by atoms with Gasteiger partial charge in [0.2, 0.25) is 5.82 Å². The monoisotopic (exact) mass is 313 g/mol. The molecule has 0 atom stereocenters. The first-order valence-electron chi connectivity index (χ1n) is 6.87. The highest BCUT2D eigenvalue weighted by atomic mass is 19.4. The second-order valence-electron chi connectivity index (χ2n) is 5.25. The highest BCUT2D eigenvalue weighted by molar-refractivity contribution is 5.58. The van der Waals surface area contributed by atoms with E-state index in [2.05, 4.69) is 15.1 Å². The number of hydrogen-bond donors (Lipinski definition) is 0. The Morgan fingerprint density at radius 2 is 2.00 bits per heavy atom. The molecule has 1 aliphatic rings. The van der Waals surface area contributed by atoms with Gasteiger partial charge in [0.05, 0.1) is 11.1 Å². The van der Waals surface area contributed by atoms with Crippen LogP contribution in [0.5, 0.6) is 0 Å². The summed E-state index contributed by atoms with van der Waals surface area (Å²) in [5.41, 5.74) is -1.73. The summed E-state index contributed by atoms with van der Waals surface area (Å²) in [7, 11) is 1.55. The number of nitrogens with zero attached hydrogens (tertiary/aromatic N) is 3. The first-order valence-corrected chi connectivity index (χ1v) is 6.87. The molecule has 0 bridgehead atoms. The molecule has 0 radical (unpaired) electrons. The van der Waals surface area contributed by atoms with Gasteiger partial charge in [0.25, 0.3) is 5.89 Å². The molecule has 2 heterocycles. The summed E-state index contributed by atoms with van der Waals surface area (Å²) in [6.07, 6.45) is 0.846. The molecule has 0 spiro atoms. The molecule has 2 aromatic heterocycles. The molecule has 1 fully saturated rings. The van der Waals surface area contributed by atoms with Crippen LogP contribution in [0.2, 0.25) is 0 Å². The van der Waals surface area contributed by atoms with E-state index in [0.717, 1.165) is 31.9 Å². The topological polar surface area (TPSA) is 61.0 Å². The summed E-state index contributed by atoms with van der Waals surface area (Å²) in [5.74, 6) is 0.125. The number of alkyl halides is 3. The van der Waals surface area contributed by atoms with Crippen molar-refractivity contribution in [1.29, 1.82) is 0 Å². The zero-order chi connectivity index (χ0) is 15.8. The number of methoxy groups -OCH3 is 1. The summed E-state index contributed by atoms with van der Waals surface area (Å²) in [5, 5.41) is 3.84. The van der Waals surface area contributed by atoms with Crippen molar-refractivity contribution in [3.05, 3.63) is 29.8 Å². The van der Waals surface area contributed by atoms with Crippen molar-refractivity contribution >= 4 is 0 Å². The van der Waals surface area contributed by atoms with Crippen LogP contribution in [0, 0.1) is 0 Å². The van der Waals surface area contributed by atoms with Crippen LogP contribution in [0.4, 0.5) is 13.2 Å². The molecule has 0 aliphatic heterocycles. The van der Waals surface area contributed by atoms with E-state index >= 15 is 0 Å². The Morgan fingerprint density at radius 1 is 1.27 bits per heavy atom. The fourth-order valence-corrected chi connectivity index (χ4v) is 2.79. The number of halogens is 3. The molecule has 2 aromatic rings. The third-order valence-electron chi connectivity index (χ3n) is 3.99. The van der Waals surface area contributed by atoms with Gasteiger partial charge in [-0.3, -0.25) is 4.98 Å². The molecule has 0 N–H and O–H groups in total. The highest BCUT2D eigenvalue weighted by Gasteiger charge is 2.41. The highest BCUT2D eigenvalue weighted by Crippen LogP contribution is 2.41. The summed E-state index contributed by atoms with van der Waals surface area (Å²) >= 11 is 0. The van der Waals surface area contributed by atoms with Crippen LogP contribution >= 0.6 is 0 Å². The van der Waals surface area contributed by atoms with E-state index in [9.17, 15) is 13.2 Å². The van der Waals surface area contributed by atoms with Crippen molar-refractivity contribution in [3.63, 3.8) is 0 Å². The van der Waals surface area contributed by atoms with E-state index in [4.69, 9.17) is 9.26 Å². The largest absolute Gasteiger partial charge is 0.418 e. The molecule has 1 saturated carbocycles. The lowest BCUT2D eigenvalue weighted by molar-refractivity contribution is -0.137. The van der Waals surface area contributed by atoms with Gasteiger partial charge < -0.3 is 9.26 Å². The van der Waals surface area contributed by atoms with Gasteiger partial charge in [-0.05, 0) is 31.7 Å². The second kappa shape index (κ2) is 5.35. The van der Waals surface area contributed by atoms with E-state index in [0.29, 0.717) is 5.82 Å². The van der Waals surface area contributed by atoms with E-state index in [1.807, 2.05) is 0 Å². The maximum Gasteiger partial charge on any atom is 0.418 e. The van der Waals surface area contributed by atoms with Gasteiger partial charge in [-0.15, -0.1) is 0 Å². The van der Waals surface area contributed by atoms with Crippen LogP contribution in [0.1, 0.15) is 37.1 Å². The minimum absolute atomic E-state index is 0.173. The fourth-order valence-electron chi connectivity index (χ4n) is 2.79. The smallest absolute Gasteiger partial charge is 0.370 e. The maximum absolute atomic E-state index is 13.0. The number of ether oxygens (including phenoxy) is 1. The molecule has 5 nitrogen and oxygen atoms in total. The molecular formula is C14H14F3N3O2. The second-order valence-corrected chi connectivity index (χ2v) is 5.25. The van der Waals surface area contributed by atoms with Crippen molar-refractivity contribution in [1.82, 2.24) is 15.1 Å². The summed E-state index contributed by atoms with van der Waals surface area (Å²) in [4.78, 5) is 7.67. The summed E-state index contributed by atoms with van der Waals surface area (Å²) in [6.45, 7) is 0. The number of pyridine rings is 1. The average Bonchev–Trinajstić information content (AvgIpc) is 3.16. The normalized spacial score (nSPS) is 17.8. The average molecular weight is 313 g/mol. The van der Waals surface area contributed by atoms with Crippen molar-refractivity contribution in [3.8, 4) is 11.5 Å². The fraction of sp³-hybridized carbons (Fsp3) is 0.500. The van der Waals surface area contributed by atoms with Crippen molar-refractivity contribution in [2.75, 3.05) is 7.11 Å². The van der Waals surface area contributed by atoms with Gasteiger partial charge in [0.1, 0.15) is 5.60 Å². The zero-order valence-electron chi connectivity index (χ0n) is 11.9. The van der Waals surface area contributed by atoms with Crippen LogP contribution in [0.3, 0.4) is 0 Å². The molecule has 0 unspecified atom stereocenters. The number of aromatic nitrogens is 3. The van der Waals surface area contributed by atoms with Crippen molar-refractivity contribution in [2.24, 2.45) is 0 Å². The zero-order valence-corrected chi connectivity index (χ0v) is 11.9. The standard InChI is InChI=1S/C14H14F3N3O2/c1-21-13(5-2-3-6-13)12-19-11(22-20-12)9-4-7-18-8-10(9)14(15,16)17/h4,7-8H,2-3,5-6H2,1H3. The minimum atomic E-state index is -4.54. The Bertz CT molecular complexity index is 663. The Kier molecular flexibility index (Phi) is 3.64. The molecule has 1 aliphatic carbocycles. The van der Waals surface area contributed by atoms with Crippen molar-refractivity contribution in [2.45, 2.75) is 37.5 Å². The Hall–Kier alpha value is -1.96. The van der Waals surface area contributed by atoms with Crippen LogP contribution in [-0.2, 0) is 16.5 Å². The Labute approximate surface area is 124 Å². The van der Waals surface area contributed by atoms with Gasteiger partial charge >= 0.3 is 6.18 Å². The minimum Gasteiger partial charge on any atom is -0.370 e. The lowest BCUT2D eigenvalue weighted by Gasteiger charge is -2.22. The predicted octanol–water partition coefficient (Wildman–Crippen LogP) is 3.57. The van der Waals surface area contributed by atoms with E-state index in [1.54, 1.807) is 7.11 Å². The molecule has 22 heavy (non-hydrogen) atoms. The number of hydrogen-bond acceptors (Lipinski definition) is 5. The van der Waals surface area contributed by atoms with Gasteiger partial charge in [-0.1, -0.05) is 5.16 Å². The van der Waals surface area contributed by atoms with Crippen molar-refractivity contribution < 1.29 is 22.4 Å². The van der Waals surface area contributed by atoms with E-state index in [1.165, 1.54) is 12.3 Å². The lowest BCUT2D eigenvalue weighted by atomic mass is 10.0. The maximum atomic E-state index is 13.0. The van der Waals surface area contributed by atoms with Gasteiger partial charge in [0.15, 0.2) is 0 Å². The molecule has 118 valence electrons. The first kappa shape index (κ1) is 15.0. The van der Waals surface area contributed by atoms with Crippen LogP contribution in [-0.4, -0.2) is 22.2 Å². The SMILES string of the molecule is COC1(c2noc(-c3ccncc3C(F)(F)F)n2)CCCC1. The van der Waals surface area contributed by atoms with Crippen LogP contribution in [0.15, 0.2) is 23.0 Å². The first-order chi connectivity index (χ1) is 10.5. The molecular weight excluding hydrogens is 299 g/mol. The molecule has 0 aromatic carbocycles. The molecule has 0 amide bonds. The number of rotatable bonds is 3. The molecule has 8 heteroatoms. The molecule has 0 saturated heterocycles. The Morgan fingerprint density at radius 3 is 2.64 bits per heavy atom. The van der Waals surface area contributed by atoms with Gasteiger partial charge in [-0.25, -0.2) is 0 Å². The summed E-state index contributed by atoms with van der Waals surface area (Å²) in [6, 6.07) is 1.22. The van der Waals surface area contributed by atoms with E-state index in [-0.39, 0.29) is 11.5 Å². The van der Waals surface area contributed by atoms with Gasteiger partial charge in [0, 0.05) is 19.5 Å². The summed E-state index contributed by atoms with van der Waals surface area (Å²) < 4.78 is 49.7. The quantitative estimate of drug-likeness (QED) is 0.867.